The Kier molecular flexibility index (Phi) is 6.01. The first-order valence-electron chi connectivity index (χ1n) is 7.93. The molecule has 1 heterocycles. The monoisotopic (exact) mass is 352 g/mol. The standard InChI is InChI=1S/C17H24N2O4S/c1-4-9-18-17(20)14-6-5-10-19(12-14)24(21,22)15-7-8-16(23-3)13(2)11-15/h4,7-8,11,14H,1,5-6,9-10,12H2,2-3H3,(H,18,20)/t14-/m0/s1. The number of carbonyl (C=O) groups is 1. The number of piperidine rings is 1. The second-order valence-corrected chi connectivity index (χ2v) is 7.81. The van der Waals surface area contributed by atoms with Crippen LogP contribution >= 0.6 is 0 Å². The highest BCUT2D eigenvalue weighted by Crippen LogP contribution is 2.27. The molecule has 1 saturated heterocycles. The molecule has 1 atom stereocenters. The molecule has 1 amide bonds. The maximum atomic E-state index is 12.9. The van der Waals surface area contributed by atoms with Gasteiger partial charge in [0.1, 0.15) is 5.75 Å². The molecule has 0 spiro atoms. The van der Waals surface area contributed by atoms with E-state index in [4.69, 9.17) is 4.74 Å². The van der Waals surface area contributed by atoms with Gasteiger partial charge in [0, 0.05) is 19.6 Å². The van der Waals surface area contributed by atoms with E-state index in [1.54, 1.807) is 38.3 Å². The third-order valence-electron chi connectivity index (χ3n) is 4.18. The number of aryl methyl sites for hydroxylation is 1. The lowest BCUT2D eigenvalue weighted by Crippen LogP contribution is -2.45. The molecule has 1 N–H and O–H groups in total. The van der Waals surface area contributed by atoms with E-state index in [-0.39, 0.29) is 23.3 Å². The van der Waals surface area contributed by atoms with Crippen LogP contribution in [0.3, 0.4) is 0 Å². The molecule has 1 fully saturated rings. The van der Waals surface area contributed by atoms with E-state index in [1.165, 1.54) is 4.31 Å². The van der Waals surface area contributed by atoms with Crippen molar-refractivity contribution in [3.05, 3.63) is 36.4 Å². The van der Waals surface area contributed by atoms with Crippen molar-refractivity contribution in [2.75, 3.05) is 26.7 Å². The number of carbonyl (C=O) groups excluding carboxylic acids is 1. The summed E-state index contributed by atoms with van der Waals surface area (Å²) in [5.41, 5.74) is 0.760. The molecule has 24 heavy (non-hydrogen) atoms. The van der Waals surface area contributed by atoms with Gasteiger partial charge in [-0.15, -0.1) is 6.58 Å². The van der Waals surface area contributed by atoms with Gasteiger partial charge >= 0.3 is 0 Å². The molecular formula is C17H24N2O4S. The Morgan fingerprint density at radius 1 is 1.50 bits per heavy atom. The Balaban J connectivity index is 2.18. The molecule has 0 bridgehead atoms. The van der Waals surface area contributed by atoms with Gasteiger partial charge in [0.2, 0.25) is 15.9 Å². The molecule has 7 heteroatoms. The van der Waals surface area contributed by atoms with Crippen LogP contribution in [-0.2, 0) is 14.8 Å². The molecule has 0 saturated carbocycles. The molecule has 0 unspecified atom stereocenters. The maximum Gasteiger partial charge on any atom is 0.243 e. The molecule has 0 aromatic heterocycles. The maximum absolute atomic E-state index is 12.9. The second kappa shape index (κ2) is 7.81. The fourth-order valence-corrected chi connectivity index (χ4v) is 4.46. The van der Waals surface area contributed by atoms with Crippen molar-refractivity contribution >= 4 is 15.9 Å². The van der Waals surface area contributed by atoms with Gasteiger partial charge in [-0.2, -0.15) is 4.31 Å². The number of hydrogen-bond donors (Lipinski definition) is 1. The lowest BCUT2D eigenvalue weighted by Gasteiger charge is -2.31. The highest BCUT2D eigenvalue weighted by Gasteiger charge is 2.33. The zero-order chi connectivity index (χ0) is 17.7. The SMILES string of the molecule is C=CCNC(=O)[C@H]1CCCN(S(=O)(=O)c2ccc(OC)c(C)c2)C1. The zero-order valence-corrected chi connectivity index (χ0v) is 14.9. The number of sulfonamides is 1. The third kappa shape index (κ3) is 3.96. The van der Waals surface area contributed by atoms with E-state index in [1.807, 2.05) is 0 Å². The van der Waals surface area contributed by atoms with Crippen LogP contribution in [-0.4, -0.2) is 45.4 Å². The van der Waals surface area contributed by atoms with Crippen LogP contribution in [0.5, 0.6) is 5.75 Å². The average Bonchev–Trinajstić information content (AvgIpc) is 2.59. The molecule has 0 radical (unpaired) electrons. The van der Waals surface area contributed by atoms with Gasteiger partial charge in [-0.1, -0.05) is 6.08 Å². The van der Waals surface area contributed by atoms with Gasteiger partial charge in [0.25, 0.3) is 0 Å². The largest absolute Gasteiger partial charge is 0.496 e. The van der Waals surface area contributed by atoms with E-state index in [0.29, 0.717) is 31.7 Å². The highest BCUT2D eigenvalue weighted by molar-refractivity contribution is 7.89. The average molecular weight is 352 g/mol. The van der Waals surface area contributed by atoms with E-state index >= 15 is 0 Å². The quantitative estimate of drug-likeness (QED) is 0.791. The summed E-state index contributed by atoms with van der Waals surface area (Å²) in [6, 6.07) is 4.80. The van der Waals surface area contributed by atoms with E-state index in [0.717, 1.165) is 5.56 Å². The van der Waals surface area contributed by atoms with Gasteiger partial charge in [-0.3, -0.25) is 4.79 Å². The van der Waals surface area contributed by atoms with Crippen molar-refractivity contribution in [1.29, 1.82) is 0 Å². The first kappa shape index (κ1) is 18.5. The summed E-state index contributed by atoms with van der Waals surface area (Å²) in [7, 11) is -2.07. The molecular weight excluding hydrogens is 328 g/mol. The van der Waals surface area contributed by atoms with Crippen LogP contribution in [0.4, 0.5) is 0 Å². The fourth-order valence-electron chi connectivity index (χ4n) is 2.85. The minimum absolute atomic E-state index is 0.124. The van der Waals surface area contributed by atoms with Crippen LogP contribution in [0.25, 0.3) is 0 Å². The predicted molar refractivity (Wildman–Crippen MR) is 92.4 cm³/mol. The number of nitrogens with one attached hydrogen (secondary N) is 1. The number of nitrogens with zero attached hydrogens (tertiary/aromatic N) is 1. The fraction of sp³-hybridized carbons (Fsp3) is 0.471. The molecule has 132 valence electrons. The Labute approximate surface area is 143 Å². The Morgan fingerprint density at radius 3 is 2.88 bits per heavy atom. The Morgan fingerprint density at radius 2 is 2.25 bits per heavy atom. The third-order valence-corrected chi connectivity index (χ3v) is 6.04. The number of amides is 1. The van der Waals surface area contributed by atoms with Gasteiger partial charge in [0.15, 0.2) is 0 Å². The summed E-state index contributed by atoms with van der Waals surface area (Å²) in [4.78, 5) is 12.3. The smallest absolute Gasteiger partial charge is 0.243 e. The van der Waals surface area contributed by atoms with Gasteiger partial charge in [-0.25, -0.2) is 8.42 Å². The lowest BCUT2D eigenvalue weighted by atomic mass is 9.99. The number of methoxy groups -OCH3 is 1. The summed E-state index contributed by atoms with van der Waals surface area (Å²) >= 11 is 0. The summed E-state index contributed by atoms with van der Waals surface area (Å²) in [6.07, 6.45) is 2.96. The minimum atomic E-state index is -3.62. The molecule has 1 aliphatic rings. The van der Waals surface area contributed by atoms with Crippen LogP contribution in [0.15, 0.2) is 35.7 Å². The van der Waals surface area contributed by atoms with Crippen molar-refractivity contribution in [3.8, 4) is 5.75 Å². The highest BCUT2D eigenvalue weighted by atomic mass is 32.2. The second-order valence-electron chi connectivity index (χ2n) is 5.87. The van der Waals surface area contributed by atoms with Crippen molar-refractivity contribution in [1.82, 2.24) is 9.62 Å². The summed E-state index contributed by atoms with van der Waals surface area (Å²) in [5.74, 6) is 0.197. The number of rotatable bonds is 6. The Bertz CT molecular complexity index is 715. The number of ether oxygens (including phenoxy) is 1. The molecule has 1 aromatic carbocycles. The van der Waals surface area contributed by atoms with Crippen LogP contribution in [0.1, 0.15) is 18.4 Å². The molecule has 0 aliphatic carbocycles. The molecule has 1 aromatic rings. The molecule has 1 aliphatic heterocycles. The van der Waals surface area contributed by atoms with Gasteiger partial charge in [0.05, 0.1) is 17.9 Å². The van der Waals surface area contributed by atoms with Crippen molar-refractivity contribution in [2.45, 2.75) is 24.7 Å². The van der Waals surface area contributed by atoms with Crippen LogP contribution < -0.4 is 10.1 Å². The van der Waals surface area contributed by atoms with Crippen LogP contribution in [0, 0.1) is 12.8 Å². The van der Waals surface area contributed by atoms with Crippen molar-refractivity contribution < 1.29 is 17.9 Å². The number of hydrogen-bond acceptors (Lipinski definition) is 4. The molecule has 6 nitrogen and oxygen atoms in total. The van der Waals surface area contributed by atoms with E-state index in [9.17, 15) is 13.2 Å². The summed E-state index contributed by atoms with van der Waals surface area (Å²) in [6.45, 7) is 6.39. The number of benzene rings is 1. The van der Waals surface area contributed by atoms with Gasteiger partial charge < -0.3 is 10.1 Å². The van der Waals surface area contributed by atoms with E-state index < -0.39 is 10.0 Å². The minimum Gasteiger partial charge on any atom is -0.496 e. The van der Waals surface area contributed by atoms with Crippen molar-refractivity contribution in [2.24, 2.45) is 5.92 Å². The first-order valence-corrected chi connectivity index (χ1v) is 9.37. The molecule has 2 rings (SSSR count). The topological polar surface area (TPSA) is 75.7 Å². The summed E-state index contributed by atoms with van der Waals surface area (Å²) < 4.78 is 32.3. The zero-order valence-electron chi connectivity index (χ0n) is 14.1. The predicted octanol–water partition coefficient (Wildman–Crippen LogP) is 1.71. The first-order chi connectivity index (χ1) is 11.4. The normalized spacial score (nSPS) is 18.8. The van der Waals surface area contributed by atoms with E-state index in [2.05, 4.69) is 11.9 Å². The summed E-state index contributed by atoms with van der Waals surface area (Å²) in [5, 5.41) is 2.74. The van der Waals surface area contributed by atoms with Gasteiger partial charge in [-0.05, 0) is 43.5 Å². The lowest BCUT2D eigenvalue weighted by molar-refractivity contribution is -0.125. The Hall–Kier alpha value is -1.86. The van der Waals surface area contributed by atoms with Crippen LogP contribution in [0.2, 0.25) is 0 Å². The van der Waals surface area contributed by atoms with Crippen molar-refractivity contribution in [3.63, 3.8) is 0 Å².